The van der Waals surface area contributed by atoms with Gasteiger partial charge in [-0.3, -0.25) is 0 Å². The summed E-state index contributed by atoms with van der Waals surface area (Å²) in [6.45, 7) is 7.64. The Balaban J connectivity index is 2.11. The second-order valence-electron chi connectivity index (χ2n) is 4.25. The highest BCUT2D eigenvalue weighted by atomic mass is 35.5. The summed E-state index contributed by atoms with van der Waals surface area (Å²) in [6.07, 6.45) is 1.03. The summed E-state index contributed by atoms with van der Waals surface area (Å²) in [5, 5.41) is 3.41. The Bertz CT molecular complexity index is 328. The minimum absolute atomic E-state index is 0.579. The Labute approximate surface area is 109 Å². The van der Waals surface area contributed by atoms with Crippen molar-refractivity contribution >= 4 is 11.6 Å². The fraction of sp³-hybridized carbons (Fsp3) is 0.571. The molecule has 0 spiro atoms. The lowest BCUT2D eigenvalue weighted by atomic mass is 10.1. The number of rotatable bonds is 8. The standard InChI is InChI=1S/C14H22ClNO/c1-12-4-5-14(10-13(12)2)11-16-7-3-8-17-9-6-15/h4-5,10,16H,3,6-9,11H2,1-2H3. The molecule has 1 rings (SSSR count). The van der Waals surface area contributed by atoms with E-state index in [1.165, 1.54) is 16.7 Å². The van der Waals surface area contributed by atoms with Crippen molar-refractivity contribution in [3.05, 3.63) is 34.9 Å². The molecule has 0 saturated carbocycles. The largest absolute Gasteiger partial charge is 0.380 e. The first-order chi connectivity index (χ1) is 8.24. The molecule has 0 aliphatic carbocycles. The first kappa shape index (κ1) is 14.5. The van der Waals surface area contributed by atoms with Crippen molar-refractivity contribution < 1.29 is 4.74 Å². The lowest BCUT2D eigenvalue weighted by Gasteiger charge is -2.07. The van der Waals surface area contributed by atoms with Crippen LogP contribution in [0.5, 0.6) is 0 Å². The summed E-state index contributed by atoms with van der Waals surface area (Å²) in [5.41, 5.74) is 4.05. The summed E-state index contributed by atoms with van der Waals surface area (Å²) in [7, 11) is 0. The van der Waals surface area contributed by atoms with Gasteiger partial charge in [0, 0.05) is 19.0 Å². The zero-order chi connectivity index (χ0) is 12.5. The third-order valence-corrected chi connectivity index (χ3v) is 2.92. The van der Waals surface area contributed by atoms with E-state index in [0.29, 0.717) is 12.5 Å². The van der Waals surface area contributed by atoms with E-state index in [9.17, 15) is 0 Å². The average molecular weight is 256 g/mol. The van der Waals surface area contributed by atoms with Crippen molar-refractivity contribution in [3.63, 3.8) is 0 Å². The minimum atomic E-state index is 0.579. The van der Waals surface area contributed by atoms with Gasteiger partial charge in [-0.15, -0.1) is 11.6 Å². The first-order valence-corrected chi connectivity index (χ1v) is 6.68. The summed E-state index contributed by atoms with van der Waals surface area (Å²) in [5.74, 6) is 0.579. The second kappa shape index (κ2) is 8.51. The maximum absolute atomic E-state index is 5.51. The highest BCUT2D eigenvalue weighted by Crippen LogP contribution is 2.09. The Hall–Kier alpha value is -0.570. The molecule has 0 fully saturated rings. The molecule has 1 N–H and O–H groups in total. The summed E-state index contributed by atoms with van der Waals surface area (Å²) in [4.78, 5) is 0. The van der Waals surface area contributed by atoms with E-state index < -0.39 is 0 Å². The minimum Gasteiger partial charge on any atom is -0.380 e. The molecule has 1 aromatic rings. The highest BCUT2D eigenvalue weighted by molar-refractivity contribution is 6.17. The molecule has 96 valence electrons. The van der Waals surface area contributed by atoms with E-state index >= 15 is 0 Å². The molecule has 0 heterocycles. The number of alkyl halides is 1. The van der Waals surface area contributed by atoms with Crippen LogP contribution in [0, 0.1) is 13.8 Å². The van der Waals surface area contributed by atoms with Crippen LogP contribution in [-0.4, -0.2) is 25.6 Å². The van der Waals surface area contributed by atoms with Crippen LogP contribution in [0.25, 0.3) is 0 Å². The topological polar surface area (TPSA) is 21.3 Å². The molecular formula is C14H22ClNO. The molecule has 0 atom stereocenters. The molecule has 1 aromatic carbocycles. The van der Waals surface area contributed by atoms with Gasteiger partial charge in [0.25, 0.3) is 0 Å². The Morgan fingerprint density at radius 1 is 1.18 bits per heavy atom. The Morgan fingerprint density at radius 3 is 2.71 bits per heavy atom. The summed E-state index contributed by atoms with van der Waals surface area (Å²) >= 11 is 5.51. The van der Waals surface area contributed by atoms with E-state index in [1.54, 1.807) is 0 Å². The first-order valence-electron chi connectivity index (χ1n) is 6.14. The van der Waals surface area contributed by atoms with Crippen LogP contribution in [0.1, 0.15) is 23.1 Å². The smallest absolute Gasteiger partial charge is 0.0601 e. The molecule has 0 aliphatic heterocycles. The predicted octanol–water partition coefficient (Wildman–Crippen LogP) is 3.04. The van der Waals surface area contributed by atoms with Gasteiger partial charge in [0.15, 0.2) is 0 Å². The fourth-order valence-electron chi connectivity index (χ4n) is 1.60. The average Bonchev–Trinajstić information content (AvgIpc) is 2.32. The zero-order valence-electron chi connectivity index (χ0n) is 10.8. The number of hydrogen-bond acceptors (Lipinski definition) is 2. The third kappa shape index (κ3) is 6.06. The van der Waals surface area contributed by atoms with Crippen LogP contribution in [0.3, 0.4) is 0 Å². The van der Waals surface area contributed by atoms with E-state index in [-0.39, 0.29) is 0 Å². The van der Waals surface area contributed by atoms with Gasteiger partial charge >= 0.3 is 0 Å². The zero-order valence-corrected chi connectivity index (χ0v) is 11.5. The number of benzene rings is 1. The van der Waals surface area contributed by atoms with E-state index in [1.807, 2.05) is 0 Å². The Kier molecular flexibility index (Phi) is 7.25. The maximum Gasteiger partial charge on any atom is 0.0601 e. The molecule has 0 aliphatic rings. The van der Waals surface area contributed by atoms with Crippen molar-refractivity contribution in [2.45, 2.75) is 26.8 Å². The molecule has 0 bridgehead atoms. The third-order valence-electron chi connectivity index (χ3n) is 2.76. The van der Waals surface area contributed by atoms with Gasteiger partial charge in [-0.25, -0.2) is 0 Å². The van der Waals surface area contributed by atoms with Gasteiger partial charge in [0.05, 0.1) is 6.61 Å². The SMILES string of the molecule is Cc1ccc(CNCCCOCCCl)cc1C. The predicted molar refractivity (Wildman–Crippen MR) is 73.8 cm³/mol. The van der Waals surface area contributed by atoms with Gasteiger partial charge in [-0.05, 0) is 43.5 Å². The van der Waals surface area contributed by atoms with Crippen LogP contribution in [0.4, 0.5) is 0 Å². The molecule has 2 nitrogen and oxygen atoms in total. The van der Waals surface area contributed by atoms with Gasteiger partial charge in [-0.1, -0.05) is 18.2 Å². The van der Waals surface area contributed by atoms with Crippen molar-refractivity contribution in [2.24, 2.45) is 0 Å². The van der Waals surface area contributed by atoms with Gasteiger partial charge in [0.1, 0.15) is 0 Å². The van der Waals surface area contributed by atoms with Crippen LogP contribution in [-0.2, 0) is 11.3 Å². The number of aryl methyl sites for hydroxylation is 2. The molecular weight excluding hydrogens is 234 g/mol. The van der Waals surface area contributed by atoms with Gasteiger partial charge in [0.2, 0.25) is 0 Å². The van der Waals surface area contributed by atoms with Crippen molar-refractivity contribution in [1.29, 1.82) is 0 Å². The lowest BCUT2D eigenvalue weighted by Crippen LogP contribution is -2.16. The maximum atomic E-state index is 5.51. The van der Waals surface area contributed by atoms with Crippen LogP contribution in [0.15, 0.2) is 18.2 Å². The molecule has 0 amide bonds. The van der Waals surface area contributed by atoms with Crippen molar-refractivity contribution in [2.75, 3.05) is 25.6 Å². The summed E-state index contributed by atoms with van der Waals surface area (Å²) < 4.78 is 5.30. The molecule has 0 radical (unpaired) electrons. The van der Waals surface area contributed by atoms with Crippen molar-refractivity contribution in [1.82, 2.24) is 5.32 Å². The van der Waals surface area contributed by atoms with Gasteiger partial charge < -0.3 is 10.1 Å². The molecule has 3 heteroatoms. The normalized spacial score (nSPS) is 10.8. The molecule has 0 saturated heterocycles. The summed E-state index contributed by atoms with van der Waals surface area (Å²) in [6, 6.07) is 6.60. The number of halogens is 1. The van der Waals surface area contributed by atoms with Crippen molar-refractivity contribution in [3.8, 4) is 0 Å². The quantitative estimate of drug-likeness (QED) is 0.570. The van der Waals surface area contributed by atoms with Gasteiger partial charge in [-0.2, -0.15) is 0 Å². The highest BCUT2D eigenvalue weighted by Gasteiger charge is 1.96. The van der Waals surface area contributed by atoms with E-state index in [0.717, 1.165) is 26.1 Å². The molecule has 0 aromatic heterocycles. The number of ether oxygens (including phenoxy) is 1. The fourth-order valence-corrected chi connectivity index (χ4v) is 1.71. The Morgan fingerprint density at radius 2 is 2.00 bits per heavy atom. The van der Waals surface area contributed by atoms with E-state index in [2.05, 4.69) is 37.4 Å². The number of nitrogens with one attached hydrogen (secondary N) is 1. The van der Waals surface area contributed by atoms with E-state index in [4.69, 9.17) is 16.3 Å². The van der Waals surface area contributed by atoms with Crippen LogP contribution in [0.2, 0.25) is 0 Å². The lowest BCUT2D eigenvalue weighted by molar-refractivity contribution is 0.146. The molecule has 0 unspecified atom stereocenters. The molecule has 17 heavy (non-hydrogen) atoms. The van der Waals surface area contributed by atoms with Crippen LogP contribution >= 0.6 is 11.6 Å². The number of hydrogen-bond donors (Lipinski definition) is 1. The van der Waals surface area contributed by atoms with Crippen LogP contribution < -0.4 is 5.32 Å². The monoisotopic (exact) mass is 255 g/mol. The second-order valence-corrected chi connectivity index (χ2v) is 4.63.